The Balaban J connectivity index is 1.44. The Morgan fingerprint density at radius 3 is 2.84 bits per heavy atom. The maximum atomic E-state index is 8.82. The van der Waals surface area contributed by atoms with Crippen molar-refractivity contribution in [2.45, 2.75) is 6.10 Å². The first-order chi connectivity index (χ1) is 12.3. The van der Waals surface area contributed by atoms with Gasteiger partial charge in [-0.3, -0.25) is 0 Å². The molecule has 1 saturated heterocycles. The van der Waals surface area contributed by atoms with Gasteiger partial charge in [-0.25, -0.2) is 15.0 Å². The van der Waals surface area contributed by atoms with Crippen molar-refractivity contribution in [1.82, 2.24) is 15.0 Å². The number of aromatic nitrogens is 3. The molecule has 3 heterocycles. The minimum absolute atomic E-state index is 0.0136. The van der Waals surface area contributed by atoms with E-state index in [1.54, 1.807) is 12.4 Å². The van der Waals surface area contributed by atoms with Gasteiger partial charge < -0.3 is 14.7 Å². The number of aliphatic hydroxyl groups is 1. The molecule has 1 fully saturated rings. The fourth-order valence-corrected chi connectivity index (χ4v) is 2.71. The second kappa shape index (κ2) is 6.75. The Hall–Kier alpha value is -3.17. The number of rotatable bonds is 3. The maximum absolute atomic E-state index is 8.82. The second-order valence-electron chi connectivity index (χ2n) is 5.68. The average molecular weight is 332 g/mol. The Labute approximate surface area is 145 Å². The summed E-state index contributed by atoms with van der Waals surface area (Å²) in [6.45, 7) is 1.24. The second-order valence-corrected chi connectivity index (χ2v) is 5.68. The van der Waals surface area contributed by atoms with Crippen molar-refractivity contribution in [1.29, 1.82) is 0 Å². The van der Waals surface area contributed by atoms with Crippen molar-refractivity contribution in [3.05, 3.63) is 54.5 Å². The normalized spacial score (nSPS) is 13.9. The Bertz CT molecular complexity index is 958. The van der Waals surface area contributed by atoms with Crippen LogP contribution < -0.4 is 9.64 Å². The zero-order chi connectivity index (χ0) is 17.1. The zero-order valence-corrected chi connectivity index (χ0v) is 13.5. The van der Waals surface area contributed by atoms with Gasteiger partial charge in [0.25, 0.3) is 0 Å². The molecule has 6 heteroatoms. The van der Waals surface area contributed by atoms with Gasteiger partial charge in [0.15, 0.2) is 5.69 Å². The highest BCUT2D eigenvalue weighted by atomic mass is 16.5. The van der Waals surface area contributed by atoms with Gasteiger partial charge in [0, 0.05) is 17.8 Å². The van der Waals surface area contributed by atoms with Crippen LogP contribution in [0.4, 0.5) is 5.82 Å². The molecular formula is C19H16N4O2. The Morgan fingerprint density at radius 2 is 1.96 bits per heavy atom. The summed E-state index contributed by atoms with van der Waals surface area (Å²) in [5.74, 6) is 6.67. The first-order valence-corrected chi connectivity index (χ1v) is 8.01. The van der Waals surface area contributed by atoms with Crippen molar-refractivity contribution in [3.8, 4) is 17.7 Å². The number of anilines is 1. The van der Waals surface area contributed by atoms with Gasteiger partial charge in [-0.2, -0.15) is 0 Å². The molecule has 0 saturated carbocycles. The molecular weight excluding hydrogens is 316 g/mol. The summed E-state index contributed by atoms with van der Waals surface area (Å²) in [6.07, 6.45) is 3.14. The highest BCUT2D eigenvalue weighted by molar-refractivity contribution is 5.80. The van der Waals surface area contributed by atoms with Gasteiger partial charge in [0.1, 0.15) is 18.5 Å². The molecule has 1 aliphatic heterocycles. The van der Waals surface area contributed by atoms with Crippen LogP contribution in [-0.2, 0) is 0 Å². The van der Waals surface area contributed by atoms with Crippen LogP contribution in [0.5, 0.6) is 5.88 Å². The van der Waals surface area contributed by atoms with Crippen molar-refractivity contribution < 1.29 is 9.84 Å². The molecule has 1 N–H and O–H groups in total. The summed E-state index contributed by atoms with van der Waals surface area (Å²) in [7, 11) is 0. The SMILES string of the molecule is OCC#Cc1nccnc1OC1CN(c2ccc3ccccc3n2)C1. The molecule has 4 rings (SSSR count). The number of hydrogen-bond acceptors (Lipinski definition) is 6. The van der Waals surface area contributed by atoms with E-state index < -0.39 is 0 Å². The molecule has 0 amide bonds. The van der Waals surface area contributed by atoms with E-state index in [2.05, 4.69) is 43.8 Å². The quantitative estimate of drug-likeness (QED) is 0.735. The molecule has 3 aromatic rings. The van der Waals surface area contributed by atoms with Crippen LogP contribution in [0.2, 0.25) is 0 Å². The van der Waals surface area contributed by atoms with Crippen LogP contribution in [0.25, 0.3) is 10.9 Å². The van der Waals surface area contributed by atoms with E-state index in [0.717, 1.165) is 29.8 Å². The van der Waals surface area contributed by atoms with E-state index >= 15 is 0 Å². The van der Waals surface area contributed by atoms with Crippen LogP contribution >= 0.6 is 0 Å². The van der Waals surface area contributed by atoms with Crippen LogP contribution in [0.3, 0.4) is 0 Å². The number of aliphatic hydroxyl groups excluding tert-OH is 1. The summed E-state index contributed by atoms with van der Waals surface area (Å²) in [5, 5.41) is 9.95. The van der Waals surface area contributed by atoms with E-state index in [1.807, 2.05) is 24.3 Å². The third kappa shape index (κ3) is 3.23. The number of para-hydroxylation sites is 1. The third-order valence-electron chi connectivity index (χ3n) is 3.98. The summed E-state index contributed by atoms with van der Waals surface area (Å²) >= 11 is 0. The lowest BCUT2D eigenvalue weighted by Crippen LogP contribution is -2.54. The van der Waals surface area contributed by atoms with Gasteiger partial charge in [-0.15, -0.1) is 0 Å². The topological polar surface area (TPSA) is 71.4 Å². The molecule has 0 aliphatic carbocycles. The monoisotopic (exact) mass is 332 g/mol. The molecule has 0 atom stereocenters. The molecule has 0 radical (unpaired) electrons. The van der Waals surface area contributed by atoms with Crippen molar-refractivity contribution in [2.75, 3.05) is 24.6 Å². The summed E-state index contributed by atoms with van der Waals surface area (Å²) in [6, 6.07) is 12.2. The van der Waals surface area contributed by atoms with Crippen LogP contribution in [0, 0.1) is 11.8 Å². The van der Waals surface area contributed by atoms with Crippen LogP contribution in [0.15, 0.2) is 48.8 Å². The number of fused-ring (bicyclic) bond motifs is 1. The van der Waals surface area contributed by atoms with E-state index in [1.165, 1.54) is 0 Å². The smallest absolute Gasteiger partial charge is 0.249 e. The molecule has 25 heavy (non-hydrogen) atoms. The summed E-state index contributed by atoms with van der Waals surface area (Å²) < 4.78 is 5.89. The fraction of sp³-hybridized carbons (Fsp3) is 0.211. The van der Waals surface area contributed by atoms with Gasteiger partial charge >= 0.3 is 0 Å². The van der Waals surface area contributed by atoms with Crippen LogP contribution in [0.1, 0.15) is 5.69 Å². The lowest BCUT2D eigenvalue weighted by atomic mass is 10.1. The van der Waals surface area contributed by atoms with E-state index in [9.17, 15) is 0 Å². The Kier molecular flexibility index (Phi) is 4.15. The van der Waals surface area contributed by atoms with Gasteiger partial charge in [0.05, 0.1) is 18.6 Å². The van der Waals surface area contributed by atoms with E-state index in [-0.39, 0.29) is 12.7 Å². The largest absolute Gasteiger partial charge is 0.469 e. The molecule has 124 valence electrons. The number of pyridine rings is 1. The average Bonchev–Trinajstić information content (AvgIpc) is 2.63. The molecule has 2 aromatic heterocycles. The summed E-state index contributed by atoms with van der Waals surface area (Å²) in [5.41, 5.74) is 1.43. The molecule has 0 spiro atoms. The standard InChI is InChI=1S/C19H16N4O2/c24-11-3-6-17-19(21-10-9-20-17)25-15-12-23(13-15)18-8-7-14-4-1-2-5-16(14)22-18/h1-2,4-5,7-10,15,24H,11-13H2. The lowest BCUT2D eigenvalue weighted by Gasteiger charge is -2.39. The maximum Gasteiger partial charge on any atom is 0.249 e. The first kappa shape index (κ1) is 15.4. The minimum Gasteiger partial charge on any atom is -0.469 e. The van der Waals surface area contributed by atoms with Crippen molar-refractivity contribution in [3.63, 3.8) is 0 Å². The molecule has 6 nitrogen and oxygen atoms in total. The van der Waals surface area contributed by atoms with Crippen molar-refractivity contribution >= 4 is 16.7 Å². The number of benzene rings is 1. The van der Waals surface area contributed by atoms with Gasteiger partial charge in [-0.05, 0) is 24.1 Å². The third-order valence-corrected chi connectivity index (χ3v) is 3.98. The van der Waals surface area contributed by atoms with E-state index in [0.29, 0.717) is 11.6 Å². The lowest BCUT2D eigenvalue weighted by molar-refractivity contribution is 0.159. The fourth-order valence-electron chi connectivity index (χ4n) is 2.71. The molecule has 1 aliphatic rings. The molecule has 1 aromatic carbocycles. The number of nitrogens with zero attached hydrogens (tertiary/aromatic N) is 4. The minimum atomic E-state index is -0.221. The summed E-state index contributed by atoms with van der Waals surface area (Å²) in [4.78, 5) is 15.2. The number of ether oxygens (including phenoxy) is 1. The van der Waals surface area contributed by atoms with Crippen molar-refractivity contribution in [2.24, 2.45) is 0 Å². The molecule has 0 bridgehead atoms. The number of hydrogen-bond donors (Lipinski definition) is 1. The van der Waals surface area contributed by atoms with Gasteiger partial charge in [0.2, 0.25) is 5.88 Å². The van der Waals surface area contributed by atoms with Crippen LogP contribution in [-0.4, -0.2) is 45.9 Å². The first-order valence-electron chi connectivity index (χ1n) is 8.01. The predicted molar refractivity (Wildman–Crippen MR) is 94.4 cm³/mol. The Morgan fingerprint density at radius 1 is 1.12 bits per heavy atom. The highest BCUT2D eigenvalue weighted by Crippen LogP contribution is 2.24. The molecule has 0 unspecified atom stereocenters. The van der Waals surface area contributed by atoms with Gasteiger partial charge in [-0.1, -0.05) is 24.1 Å². The highest BCUT2D eigenvalue weighted by Gasteiger charge is 2.30. The van der Waals surface area contributed by atoms with E-state index in [4.69, 9.17) is 9.84 Å². The predicted octanol–water partition coefficient (Wildman–Crippen LogP) is 1.64. The zero-order valence-electron chi connectivity index (χ0n) is 13.5.